The van der Waals surface area contributed by atoms with Crippen LogP contribution in [0.25, 0.3) is 0 Å². The Morgan fingerprint density at radius 3 is 2.91 bits per heavy atom. The number of carbonyl (C=O) groups is 1. The van der Waals surface area contributed by atoms with Gasteiger partial charge in [0, 0.05) is 11.3 Å². The van der Waals surface area contributed by atoms with E-state index in [9.17, 15) is 13.2 Å². The van der Waals surface area contributed by atoms with E-state index in [-0.39, 0.29) is 15.5 Å². The van der Waals surface area contributed by atoms with Crippen LogP contribution in [0.5, 0.6) is 0 Å². The summed E-state index contributed by atoms with van der Waals surface area (Å²) in [5, 5.41) is 0.658. The number of sulfonamides is 1. The molecule has 23 heavy (non-hydrogen) atoms. The van der Waals surface area contributed by atoms with E-state index in [1.54, 1.807) is 6.92 Å². The van der Waals surface area contributed by atoms with Crippen LogP contribution in [0.4, 0.5) is 0 Å². The molecule has 1 N–H and O–H groups in total. The molecule has 0 radical (unpaired) electrons. The van der Waals surface area contributed by atoms with E-state index in [1.807, 2.05) is 12.1 Å². The zero-order chi connectivity index (χ0) is 16.2. The molecule has 0 aliphatic heterocycles. The Kier molecular flexibility index (Phi) is 3.15. The average molecular weight is 348 g/mol. The minimum atomic E-state index is -3.81. The van der Waals surface area contributed by atoms with Crippen LogP contribution < -0.4 is 4.72 Å². The molecule has 1 saturated carbocycles. The first-order valence-corrected chi connectivity index (χ1v) is 9.80. The zero-order valence-corrected chi connectivity index (χ0v) is 14.2. The second-order valence-electron chi connectivity index (χ2n) is 6.24. The zero-order valence-electron chi connectivity index (χ0n) is 12.6. The van der Waals surface area contributed by atoms with Gasteiger partial charge in [0.2, 0.25) is 5.91 Å². The molecule has 2 aliphatic rings. The summed E-state index contributed by atoms with van der Waals surface area (Å²) in [7, 11) is -3.81. The van der Waals surface area contributed by atoms with Crippen LogP contribution in [0.2, 0.25) is 0 Å². The standard InChI is InChI=1S/C16H16N2O3S2/c1-10-17-9-14(22-10)23(20,21)18-15(19)13-8-16(13)7-6-11-4-2-3-5-12(11)16/h2-5,9,13H,6-8H2,1H3,(H,18,19). The fourth-order valence-corrected chi connectivity index (χ4v) is 5.79. The van der Waals surface area contributed by atoms with Crippen molar-refractivity contribution >= 4 is 27.3 Å². The molecule has 2 aliphatic carbocycles. The summed E-state index contributed by atoms with van der Waals surface area (Å²) in [5.41, 5.74) is 2.34. The number of fused-ring (bicyclic) bond motifs is 2. The largest absolute Gasteiger partial charge is 0.275 e. The lowest BCUT2D eigenvalue weighted by Crippen LogP contribution is -2.33. The van der Waals surface area contributed by atoms with Gasteiger partial charge in [0.25, 0.3) is 10.0 Å². The molecule has 5 nitrogen and oxygen atoms in total. The quantitative estimate of drug-likeness (QED) is 0.922. The molecule has 1 fully saturated rings. The minimum absolute atomic E-state index is 0.0878. The second kappa shape index (κ2) is 4.88. The lowest BCUT2D eigenvalue weighted by atomic mass is 9.95. The number of amides is 1. The van der Waals surface area contributed by atoms with Crippen LogP contribution in [0.3, 0.4) is 0 Å². The molecule has 1 aromatic heterocycles. The van der Waals surface area contributed by atoms with Crippen LogP contribution >= 0.6 is 11.3 Å². The number of thiazole rings is 1. The Morgan fingerprint density at radius 1 is 1.39 bits per heavy atom. The Labute approximate surface area is 138 Å². The van der Waals surface area contributed by atoms with Gasteiger partial charge in [-0.15, -0.1) is 11.3 Å². The Morgan fingerprint density at radius 2 is 2.17 bits per heavy atom. The summed E-state index contributed by atoms with van der Waals surface area (Å²) in [6, 6.07) is 8.15. The number of aromatic nitrogens is 1. The molecule has 7 heteroatoms. The monoisotopic (exact) mass is 348 g/mol. The molecule has 2 aromatic rings. The summed E-state index contributed by atoms with van der Waals surface area (Å²) in [6.07, 6.45) is 3.90. The van der Waals surface area contributed by atoms with Crippen LogP contribution in [-0.2, 0) is 26.7 Å². The number of hydrogen-bond donors (Lipinski definition) is 1. The maximum atomic E-state index is 12.5. The number of nitrogens with zero attached hydrogens (tertiary/aromatic N) is 1. The number of rotatable bonds is 3. The van der Waals surface area contributed by atoms with Gasteiger partial charge in [0.05, 0.1) is 11.2 Å². The van der Waals surface area contributed by atoms with Crippen molar-refractivity contribution in [2.24, 2.45) is 5.92 Å². The van der Waals surface area contributed by atoms with E-state index in [4.69, 9.17) is 0 Å². The number of hydrogen-bond acceptors (Lipinski definition) is 5. The van der Waals surface area contributed by atoms with Crippen LogP contribution in [0.1, 0.15) is 29.0 Å². The number of nitrogens with one attached hydrogen (secondary N) is 1. The summed E-state index contributed by atoms with van der Waals surface area (Å²) in [6.45, 7) is 1.73. The fraction of sp³-hybridized carbons (Fsp3) is 0.375. The van der Waals surface area contributed by atoms with Crippen molar-refractivity contribution < 1.29 is 13.2 Å². The van der Waals surface area contributed by atoms with Crippen molar-refractivity contribution in [2.75, 3.05) is 0 Å². The van der Waals surface area contributed by atoms with Crippen molar-refractivity contribution in [2.45, 2.75) is 35.8 Å². The highest BCUT2D eigenvalue weighted by Crippen LogP contribution is 2.61. The third-order valence-electron chi connectivity index (χ3n) is 4.89. The van der Waals surface area contributed by atoms with E-state index in [0.29, 0.717) is 5.01 Å². The van der Waals surface area contributed by atoms with Gasteiger partial charge in [-0.3, -0.25) is 4.79 Å². The van der Waals surface area contributed by atoms with Crippen molar-refractivity contribution in [3.05, 3.63) is 46.6 Å². The molecule has 2 atom stereocenters. The third-order valence-corrected chi connectivity index (χ3v) is 7.61. The van der Waals surface area contributed by atoms with Crippen molar-refractivity contribution in [1.29, 1.82) is 0 Å². The molecule has 4 rings (SSSR count). The highest BCUT2D eigenvalue weighted by Gasteiger charge is 2.61. The molecule has 0 bridgehead atoms. The summed E-state index contributed by atoms with van der Waals surface area (Å²) in [5.74, 6) is -0.650. The molecular formula is C16H16N2O3S2. The van der Waals surface area contributed by atoms with Crippen LogP contribution in [0.15, 0.2) is 34.7 Å². The number of carbonyl (C=O) groups excluding carboxylic acids is 1. The smallest absolute Gasteiger partial charge is 0.274 e. The Hall–Kier alpha value is -1.73. The predicted octanol–water partition coefficient (Wildman–Crippen LogP) is 2.16. The first-order chi connectivity index (χ1) is 10.9. The first kappa shape index (κ1) is 14.8. The first-order valence-electron chi connectivity index (χ1n) is 7.50. The van der Waals surface area contributed by atoms with Gasteiger partial charge >= 0.3 is 0 Å². The Balaban J connectivity index is 1.54. The van der Waals surface area contributed by atoms with Crippen LogP contribution in [-0.4, -0.2) is 19.3 Å². The number of benzene rings is 1. The van der Waals surface area contributed by atoms with Gasteiger partial charge in [-0.25, -0.2) is 18.1 Å². The normalized spacial score (nSPS) is 25.3. The molecule has 0 saturated heterocycles. The van der Waals surface area contributed by atoms with Crippen molar-refractivity contribution in [1.82, 2.24) is 9.71 Å². The van der Waals surface area contributed by atoms with Gasteiger partial charge in [-0.2, -0.15) is 0 Å². The lowest BCUT2D eigenvalue weighted by Gasteiger charge is -2.11. The third kappa shape index (κ3) is 2.30. The highest BCUT2D eigenvalue weighted by molar-refractivity contribution is 7.92. The summed E-state index contributed by atoms with van der Waals surface area (Å²) >= 11 is 1.07. The van der Waals surface area contributed by atoms with E-state index >= 15 is 0 Å². The van der Waals surface area contributed by atoms with E-state index in [2.05, 4.69) is 21.8 Å². The van der Waals surface area contributed by atoms with Gasteiger partial charge in [-0.1, -0.05) is 24.3 Å². The van der Waals surface area contributed by atoms with Gasteiger partial charge in [0.15, 0.2) is 4.21 Å². The fourth-order valence-electron chi connectivity index (χ4n) is 3.66. The second-order valence-corrected chi connectivity index (χ2v) is 9.38. The molecule has 2 unspecified atom stereocenters. The average Bonchev–Trinajstić information content (AvgIpc) is 2.87. The van der Waals surface area contributed by atoms with Crippen molar-refractivity contribution in [3.8, 4) is 0 Å². The molecule has 1 amide bonds. The van der Waals surface area contributed by atoms with Crippen LogP contribution in [0, 0.1) is 12.8 Å². The van der Waals surface area contributed by atoms with E-state index < -0.39 is 15.9 Å². The van der Waals surface area contributed by atoms with Gasteiger partial charge in [-0.05, 0) is 37.3 Å². The highest BCUT2D eigenvalue weighted by atomic mass is 32.2. The molecule has 1 aromatic carbocycles. The van der Waals surface area contributed by atoms with Gasteiger partial charge in [0.1, 0.15) is 0 Å². The maximum absolute atomic E-state index is 12.5. The molecule has 1 heterocycles. The van der Waals surface area contributed by atoms with Gasteiger partial charge < -0.3 is 0 Å². The topological polar surface area (TPSA) is 76.1 Å². The maximum Gasteiger partial charge on any atom is 0.275 e. The minimum Gasteiger partial charge on any atom is -0.274 e. The SMILES string of the molecule is Cc1ncc(S(=O)(=O)NC(=O)C2CC23CCc2ccccc23)s1. The van der Waals surface area contributed by atoms with E-state index in [1.165, 1.54) is 17.3 Å². The molecule has 120 valence electrons. The molecular weight excluding hydrogens is 332 g/mol. The number of aryl methyl sites for hydroxylation is 2. The summed E-state index contributed by atoms with van der Waals surface area (Å²) < 4.78 is 26.9. The predicted molar refractivity (Wildman–Crippen MR) is 86.7 cm³/mol. The summed E-state index contributed by atoms with van der Waals surface area (Å²) in [4.78, 5) is 16.4. The van der Waals surface area contributed by atoms with Crippen molar-refractivity contribution in [3.63, 3.8) is 0 Å². The molecule has 1 spiro atoms. The Bertz CT molecular complexity index is 904. The lowest BCUT2D eigenvalue weighted by molar-refractivity contribution is -0.121. The van der Waals surface area contributed by atoms with E-state index in [0.717, 1.165) is 30.6 Å².